The van der Waals surface area contributed by atoms with Crippen LogP contribution in [-0.4, -0.2) is 20.5 Å². The average Bonchev–Trinajstić information content (AvgIpc) is 3.45. The molecule has 166 valence electrons. The minimum Gasteiger partial charge on any atom is -0.454 e. The second-order valence-electron chi connectivity index (χ2n) is 8.36. The second kappa shape index (κ2) is 6.90. The van der Waals surface area contributed by atoms with Gasteiger partial charge in [0.05, 0.1) is 28.3 Å². The average molecular weight is 442 g/mol. The van der Waals surface area contributed by atoms with Gasteiger partial charge in [0.1, 0.15) is 0 Å². The molecule has 8 heteroatoms. The van der Waals surface area contributed by atoms with Crippen LogP contribution >= 0.6 is 0 Å². The molecule has 2 aliphatic rings. The lowest BCUT2D eigenvalue weighted by Crippen LogP contribution is -2.37. The Morgan fingerprint density at radius 2 is 1.73 bits per heavy atom. The largest absolute Gasteiger partial charge is 0.454 e. The summed E-state index contributed by atoms with van der Waals surface area (Å²) in [6, 6.07) is 15.3. The molecule has 0 saturated heterocycles. The van der Waals surface area contributed by atoms with E-state index in [9.17, 15) is 9.59 Å². The molecule has 33 heavy (non-hydrogen) atoms. The third-order valence-electron chi connectivity index (χ3n) is 6.47. The Morgan fingerprint density at radius 3 is 2.52 bits per heavy atom. The molecule has 0 aliphatic carbocycles. The zero-order valence-electron chi connectivity index (χ0n) is 18.5. The molecule has 0 bridgehead atoms. The van der Waals surface area contributed by atoms with Gasteiger partial charge in [-0.3, -0.25) is 13.9 Å². The molecule has 1 N–H and O–H groups in total. The van der Waals surface area contributed by atoms with Gasteiger partial charge in [0.2, 0.25) is 6.79 Å². The SMILES string of the molecule is CC1=CNC(c2ccc3c(c2)OCO3)c2c3c(c(-c4ccccc4)n21)c(=O)n(C)c(=O)n3C. The first-order valence-electron chi connectivity index (χ1n) is 10.7. The molecule has 2 aromatic heterocycles. The molecular formula is C25H22N4O4. The maximum atomic E-state index is 13.5. The van der Waals surface area contributed by atoms with Crippen LogP contribution in [0.5, 0.6) is 11.5 Å². The Bertz CT molecular complexity index is 1590. The highest BCUT2D eigenvalue weighted by Gasteiger charge is 2.33. The zero-order valence-corrected chi connectivity index (χ0v) is 18.5. The molecule has 0 fully saturated rings. The van der Waals surface area contributed by atoms with Gasteiger partial charge in [-0.25, -0.2) is 4.79 Å². The Balaban J connectivity index is 1.76. The number of nitrogens with one attached hydrogen (secondary N) is 1. The Kier molecular flexibility index (Phi) is 4.07. The second-order valence-corrected chi connectivity index (χ2v) is 8.36. The summed E-state index contributed by atoms with van der Waals surface area (Å²) in [6.45, 7) is 2.18. The van der Waals surface area contributed by atoms with E-state index >= 15 is 0 Å². The van der Waals surface area contributed by atoms with Crippen molar-refractivity contribution in [3.8, 4) is 22.8 Å². The molecular weight excluding hydrogens is 420 g/mol. The molecule has 1 atom stereocenters. The van der Waals surface area contributed by atoms with Crippen molar-refractivity contribution < 1.29 is 9.47 Å². The molecule has 0 spiro atoms. The Morgan fingerprint density at radius 1 is 0.970 bits per heavy atom. The van der Waals surface area contributed by atoms with Crippen molar-refractivity contribution in [1.82, 2.24) is 19.0 Å². The van der Waals surface area contributed by atoms with Gasteiger partial charge < -0.3 is 19.4 Å². The summed E-state index contributed by atoms with van der Waals surface area (Å²) in [7, 11) is 3.23. The van der Waals surface area contributed by atoms with Crippen molar-refractivity contribution in [1.29, 1.82) is 0 Å². The van der Waals surface area contributed by atoms with Crippen LogP contribution in [0.4, 0.5) is 0 Å². The highest BCUT2D eigenvalue weighted by atomic mass is 16.7. The van der Waals surface area contributed by atoms with E-state index in [-0.39, 0.29) is 24.1 Å². The van der Waals surface area contributed by atoms with Gasteiger partial charge in [-0.15, -0.1) is 0 Å². The topological polar surface area (TPSA) is 79.4 Å². The summed E-state index contributed by atoms with van der Waals surface area (Å²) in [5.41, 5.74) is 4.32. The summed E-state index contributed by atoms with van der Waals surface area (Å²) in [6.07, 6.45) is 1.94. The first kappa shape index (κ1) is 19.5. The first-order chi connectivity index (χ1) is 16.0. The predicted molar refractivity (Wildman–Crippen MR) is 125 cm³/mol. The third-order valence-corrected chi connectivity index (χ3v) is 6.47. The molecule has 1 unspecified atom stereocenters. The number of allylic oxidation sites excluding steroid dienone is 1. The normalized spacial score (nSPS) is 16.5. The number of hydrogen-bond acceptors (Lipinski definition) is 5. The smallest absolute Gasteiger partial charge is 0.331 e. The molecule has 4 heterocycles. The van der Waals surface area contributed by atoms with Crippen molar-refractivity contribution >= 4 is 16.6 Å². The lowest BCUT2D eigenvalue weighted by Gasteiger charge is -2.28. The van der Waals surface area contributed by atoms with E-state index in [4.69, 9.17) is 9.47 Å². The van der Waals surface area contributed by atoms with E-state index in [1.807, 2.05) is 61.7 Å². The van der Waals surface area contributed by atoms with Gasteiger partial charge in [-0.1, -0.05) is 36.4 Å². The molecule has 0 saturated carbocycles. The van der Waals surface area contributed by atoms with Crippen LogP contribution in [0.1, 0.15) is 24.2 Å². The van der Waals surface area contributed by atoms with Crippen molar-refractivity contribution in [3.05, 3.63) is 86.8 Å². The minimum atomic E-state index is -0.364. The molecule has 4 aromatic rings. The number of hydrogen-bond donors (Lipinski definition) is 1. The summed E-state index contributed by atoms with van der Waals surface area (Å²) in [4.78, 5) is 26.4. The Hall–Kier alpha value is -4.20. The molecule has 2 aromatic carbocycles. The number of benzene rings is 2. The zero-order chi connectivity index (χ0) is 22.9. The Labute approximate surface area is 188 Å². The predicted octanol–water partition coefficient (Wildman–Crippen LogP) is 2.95. The minimum absolute atomic E-state index is 0.192. The number of fused-ring (bicyclic) bond motifs is 4. The summed E-state index contributed by atoms with van der Waals surface area (Å²) >= 11 is 0. The van der Waals surface area contributed by atoms with Gasteiger partial charge in [0.25, 0.3) is 5.56 Å². The van der Waals surface area contributed by atoms with Crippen molar-refractivity contribution in [3.63, 3.8) is 0 Å². The first-order valence-corrected chi connectivity index (χ1v) is 10.7. The summed E-state index contributed by atoms with van der Waals surface area (Å²) in [5, 5.41) is 3.98. The monoisotopic (exact) mass is 442 g/mol. The molecule has 0 amide bonds. The van der Waals surface area contributed by atoms with Crippen LogP contribution in [0.25, 0.3) is 27.9 Å². The lowest BCUT2D eigenvalue weighted by atomic mass is 10.0. The summed E-state index contributed by atoms with van der Waals surface area (Å²) < 4.78 is 15.9. The van der Waals surface area contributed by atoms with E-state index in [1.165, 1.54) is 11.6 Å². The highest BCUT2D eigenvalue weighted by Crippen LogP contribution is 2.42. The standard InChI is InChI=1S/C25H22N4O4/c1-14-12-26-20(16-9-10-17-18(11-16)33-13-32-17)23-22-19(24(30)28(3)25(31)27(22)2)21(29(14)23)15-7-5-4-6-8-15/h4-12,20,26H,13H2,1-3H3. The van der Waals surface area contributed by atoms with Gasteiger partial charge in [0, 0.05) is 26.0 Å². The number of rotatable bonds is 2. The highest BCUT2D eigenvalue weighted by molar-refractivity contribution is 5.98. The number of aryl methyl sites for hydroxylation is 1. The fourth-order valence-electron chi connectivity index (χ4n) is 4.89. The quantitative estimate of drug-likeness (QED) is 0.516. The van der Waals surface area contributed by atoms with Gasteiger partial charge >= 0.3 is 5.69 Å². The van der Waals surface area contributed by atoms with E-state index < -0.39 is 0 Å². The van der Waals surface area contributed by atoms with Gasteiger partial charge in [-0.05, 0) is 30.2 Å². The van der Waals surface area contributed by atoms with Gasteiger partial charge in [-0.2, -0.15) is 0 Å². The molecule has 8 nitrogen and oxygen atoms in total. The van der Waals surface area contributed by atoms with Gasteiger partial charge in [0.15, 0.2) is 11.5 Å². The van der Waals surface area contributed by atoms with E-state index in [0.717, 1.165) is 28.2 Å². The van der Waals surface area contributed by atoms with E-state index in [1.54, 1.807) is 11.6 Å². The van der Waals surface area contributed by atoms with Crippen LogP contribution in [0.3, 0.4) is 0 Å². The lowest BCUT2D eigenvalue weighted by molar-refractivity contribution is 0.174. The van der Waals surface area contributed by atoms with Crippen LogP contribution in [0.2, 0.25) is 0 Å². The van der Waals surface area contributed by atoms with Crippen LogP contribution in [0, 0.1) is 0 Å². The van der Waals surface area contributed by atoms with E-state index in [2.05, 4.69) is 9.88 Å². The van der Waals surface area contributed by atoms with Crippen molar-refractivity contribution in [2.24, 2.45) is 14.1 Å². The maximum absolute atomic E-state index is 13.5. The van der Waals surface area contributed by atoms with Crippen LogP contribution in [0.15, 0.2) is 64.3 Å². The molecule has 6 rings (SSSR count). The number of aromatic nitrogens is 3. The van der Waals surface area contributed by atoms with Crippen LogP contribution < -0.4 is 26.0 Å². The summed E-state index contributed by atoms with van der Waals surface area (Å²) in [5.74, 6) is 1.38. The molecule has 0 radical (unpaired) electrons. The third kappa shape index (κ3) is 2.64. The van der Waals surface area contributed by atoms with Crippen molar-refractivity contribution in [2.75, 3.05) is 6.79 Å². The van der Waals surface area contributed by atoms with Crippen LogP contribution in [-0.2, 0) is 14.1 Å². The number of nitrogens with zero attached hydrogens (tertiary/aromatic N) is 3. The fourth-order valence-corrected chi connectivity index (χ4v) is 4.89. The molecule has 2 aliphatic heterocycles. The number of ether oxygens (including phenoxy) is 2. The fraction of sp³-hybridized carbons (Fsp3) is 0.200. The van der Waals surface area contributed by atoms with Crippen molar-refractivity contribution in [2.45, 2.75) is 13.0 Å². The maximum Gasteiger partial charge on any atom is 0.331 e. The van der Waals surface area contributed by atoms with E-state index in [0.29, 0.717) is 22.4 Å².